The fraction of sp³-hybridized carbons (Fsp3) is 1.00. The third-order valence-electron chi connectivity index (χ3n) is 3.32. The first-order valence-electron chi connectivity index (χ1n) is 5.25. The van der Waals surface area contributed by atoms with Crippen molar-refractivity contribution in [3.05, 3.63) is 0 Å². The monoisotopic (exact) mass is 170 g/mol. The number of hydrogen-bond donors (Lipinski definition) is 2. The maximum atomic E-state index is 6.16. The fourth-order valence-corrected chi connectivity index (χ4v) is 2.32. The van der Waals surface area contributed by atoms with Gasteiger partial charge in [0.15, 0.2) is 0 Å². The van der Waals surface area contributed by atoms with Gasteiger partial charge in [0.2, 0.25) is 0 Å². The van der Waals surface area contributed by atoms with Gasteiger partial charge in [0.25, 0.3) is 0 Å². The minimum absolute atomic E-state index is 0.363. The minimum Gasteiger partial charge on any atom is -0.330 e. The van der Waals surface area contributed by atoms with E-state index in [1.165, 1.54) is 25.7 Å². The van der Waals surface area contributed by atoms with E-state index in [1.807, 2.05) is 0 Å². The first-order valence-corrected chi connectivity index (χ1v) is 5.25. The van der Waals surface area contributed by atoms with Crippen LogP contribution in [-0.2, 0) is 0 Å². The van der Waals surface area contributed by atoms with Gasteiger partial charge in [-0.3, -0.25) is 0 Å². The zero-order valence-electron chi connectivity index (χ0n) is 8.13. The molecule has 4 N–H and O–H groups in total. The van der Waals surface area contributed by atoms with E-state index < -0.39 is 0 Å². The molecule has 0 heterocycles. The highest BCUT2D eigenvalue weighted by molar-refractivity contribution is 4.83. The second-order valence-corrected chi connectivity index (χ2v) is 4.03. The molecule has 0 bridgehead atoms. The zero-order valence-corrected chi connectivity index (χ0v) is 8.13. The summed E-state index contributed by atoms with van der Waals surface area (Å²) in [5.41, 5.74) is 11.8. The van der Waals surface area contributed by atoms with Crippen molar-refractivity contribution in [3.8, 4) is 0 Å². The molecule has 0 aromatic rings. The molecule has 2 unspecified atom stereocenters. The average Bonchev–Trinajstić information content (AvgIpc) is 2.58. The van der Waals surface area contributed by atoms with Gasteiger partial charge in [-0.1, -0.05) is 26.2 Å². The third-order valence-corrected chi connectivity index (χ3v) is 3.32. The Morgan fingerprint density at radius 3 is 2.33 bits per heavy atom. The van der Waals surface area contributed by atoms with Crippen LogP contribution < -0.4 is 11.5 Å². The van der Waals surface area contributed by atoms with Crippen LogP contribution in [0.4, 0.5) is 0 Å². The highest BCUT2D eigenvalue weighted by Gasteiger charge is 2.26. The summed E-state index contributed by atoms with van der Waals surface area (Å²) in [6, 6.07) is 0.363. The molecule has 1 aliphatic carbocycles. The molecule has 1 fully saturated rings. The van der Waals surface area contributed by atoms with Crippen molar-refractivity contribution in [2.24, 2.45) is 23.3 Å². The SMILES string of the molecule is CCC(CN)C(N)C1CCCC1. The molecule has 72 valence electrons. The van der Waals surface area contributed by atoms with Gasteiger partial charge in [0.1, 0.15) is 0 Å². The van der Waals surface area contributed by atoms with Crippen LogP contribution in [0.2, 0.25) is 0 Å². The summed E-state index contributed by atoms with van der Waals surface area (Å²) in [6.07, 6.45) is 6.54. The summed E-state index contributed by atoms with van der Waals surface area (Å²) < 4.78 is 0. The molecule has 2 nitrogen and oxygen atoms in total. The summed E-state index contributed by atoms with van der Waals surface area (Å²) in [4.78, 5) is 0. The lowest BCUT2D eigenvalue weighted by molar-refractivity contribution is 0.310. The largest absolute Gasteiger partial charge is 0.330 e. The summed E-state index contributed by atoms with van der Waals surface area (Å²) in [6.45, 7) is 2.94. The van der Waals surface area contributed by atoms with Gasteiger partial charge in [-0.15, -0.1) is 0 Å². The second-order valence-electron chi connectivity index (χ2n) is 4.03. The van der Waals surface area contributed by atoms with E-state index in [9.17, 15) is 0 Å². The molecule has 0 aliphatic heterocycles. The molecule has 1 aliphatic rings. The van der Waals surface area contributed by atoms with Crippen molar-refractivity contribution in [1.29, 1.82) is 0 Å². The van der Waals surface area contributed by atoms with Gasteiger partial charge in [-0.25, -0.2) is 0 Å². The van der Waals surface area contributed by atoms with Crippen molar-refractivity contribution in [2.75, 3.05) is 6.54 Å². The molecule has 12 heavy (non-hydrogen) atoms. The van der Waals surface area contributed by atoms with E-state index in [0.717, 1.165) is 18.9 Å². The summed E-state index contributed by atoms with van der Waals surface area (Å²) >= 11 is 0. The number of rotatable bonds is 4. The van der Waals surface area contributed by atoms with Crippen LogP contribution in [0.5, 0.6) is 0 Å². The molecule has 0 saturated heterocycles. The molecule has 0 radical (unpaired) electrons. The van der Waals surface area contributed by atoms with E-state index >= 15 is 0 Å². The molecule has 0 aromatic carbocycles. The quantitative estimate of drug-likeness (QED) is 0.671. The maximum absolute atomic E-state index is 6.16. The van der Waals surface area contributed by atoms with E-state index in [-0.39, 0.29) is 0 Å². The summed E-state index contributed by atoms with van der Waals surface area (Å²) in [7, 11) is 0. The Balaban J connectivity index is 2.37. The van der Waals surface area contributed by atoms with Crippen molar-refractivity contribution < 1.29 is 0 Å². The van der Waals surface area contributed by atoms with Crippen LogP contribution in [0, 0.1) is 11.8 Å². The van der Waals surface area contributed by atoms with Gasteiger partial charge in [0.05, 0.1) is 0 Å². The van der Waals surface area contributed by atoms with Crippen LogP contribution >= 0.6 is 0 Å². The highest BCUT2D eigenvalue weighted by Crippen LogP contribution is 2.30. The minimum atomic E-state index is 0.363. The molecule has 0 spiro atoms. The highest BCUT2D eigenvalue weighted by atomic mass is 14.7. The van der Waals surface area contributed by atoms with Gasteiger partial charge in [-0.2, -0.15) is 0 Å². The fourth-order valence-electron chi connectivity index (χ4n) is 2.32. The Bertz CT molecular complexity index is 113. The zero-order chi connectivity index (χ0) is 8.97. The average molecular weight is 170 g/mol. The lowest BCUT2D eigenvalue weighted by Gasteiger charge is -2.26. The van der Waals surface area contributed by atoms with Crippen LogP contribution in [0.25, 0.3) is 0 Å². The predicted molar refractivity (Wildman–Crippen MR) is 52.8 cm³/mol. The summed E-state index contributed by atoms with van der Waals surface area (Å²) in [5.74, 6) is 1.31. The van der Waals surface area contributed by atoms with Crippen molar-refractivity contribution in [1.82, 2.24) is 0 Å². The van der Waals surface area contributed by atoms with E-state index in [2.05, 4.69) is 6.92 Å². The van der Waals surface area contributed by atoms with Gasteiger partial charge < -0.3 is 11.5 Å². The Kier molecular flexibility index (Phi) is 4.02. The molecule has 1 saturated carbocycles. The first kappa shape index (κ1) is 10.0. The van der Waals surface area contributed by atoms with Crippen molar-refractivity contribution in [3.63, 3.8) is 0 Å². The van der Waals surface area contributed by atoms with Crippen molar-refractivity contribution >= 4 is 0 Å². The molecular weight excluding hydrogens is 148 g/mol. The molecule has 2 atom stereocenters. The predicted octanol–water partition coefficient (Wildman–Crippen LogP) is 1.49. The standard InChI is InChI=1S/C10H22N2/c1-2-8(7-11)10(12)9-5-3-4-6-9/h8-10H,2-7,11-12H2,1H3. The van der Waals surface area contributed by atoms with Gasteiger partial charge >= 0.3 is 0 Å². The molecule has 0 amide bonds. The molecular formula is C10H22N2. The lowest BCUT2D eigenvalue weighted by Crippen LogP contribution is -2.39. The first-order chi connectivity index (χ1) is 5.79. The van der Waals surface area contributed by atoms with Crippen LogP contribution in [0.15, 0.2) is 0 Å². The Morgan fingerprint density at radius 1 is 1.33 bits per heavy atom. The number of hydrogen-bond acceptors (Lipinski definition) is 2. The van der Waals surface area contributed by atoms with Gasteiger partial charge in [0, 0.05) is 6.04 Å². The topological polar surface area (TPSA) is 52.0 Å². The van der Waals surface area contributed by atoms with Crippen molar-refractivity contribution in [2.45, 2.75) is 45.1 Å². The van der Waals surface area contributed by atoms with Gasteiger partial charge in [-0.05, 0) is 31.2 Å². The van der Waals surface area contributed by atoms with E-state index in [1.54, 1.807) is 0 Å². The normalized spacial score (nSPS) is 24.2. The Hall–Kier alpha value is -0.0800. The summed E-state index contributed by atoms with van der Waals surface area (Å²) in [5, 5.41) is 0. The molecule has 0 aromatic heterocycles. The molecule has 2 heteroatoms. The third kappa shape index (κ3) is 2.20. The number of nitrogens with two attached hydrogens (primary N) is 2. The lowest BCUT2D eigenvalue weighted by atomic mass is 9.86. The Morgan fingerprint density at radius 2 is 1.92 bits per heavy atom. The second kappa shape index (κ2) is 4.83. The Labute approximate surface area is 75.7 Å². The van der Waals surface area contributed by atoms with E-state index in [4.69, 9.17) is 11.5 Å². The van der Waals surface area contributed by atoms with E-state index in [0.29, 0.717) is 12.0 Å². The smallest absolute Gasteiger partial charge is 0.0108 e. The maximum Gasteiger partial charge on any atom is 0.0108 e. The van der Waals surface area contributed by atoms with Crippen LogP contribution in [0.1, 0.15) is 39.0 Å². The van der Waals surface area contributed by atoms with Crippen LogP contribution in [-0.4, -0.2) is 12.6 Å². The van der Waals surface area contributed by atoms with Crippen LogP contribution in [0.3, 0.4) is 0 Å². The molecule has 1 rings (SSSR count).